The van der Waals surface area contributed by atoms with Crippen LogP contribution in [0.3, 0.4) is 0 Å². The molecule has 0 aliphatic carbocycles. The number of hydrogen-bond acceptors (Lipinski definition) is 2. The van der Waals surface area contributed by atoms with Crippen LogP contribution in [0.1, 0.15) is 46.0 Å². The Morgan fingerprint density at radius 1 is 1.00 bits per heavy atom. The molecule has 0 fully saturated rings. The van der Waals surface area contributed by atoms with E-state index < -0.39 is 0 Å². The Kier molecular flexibility index (Phi) is 3.37. The van der Waals surface area contributed by atoms with Gasteiger partial charge in [-0.15, -0.1) is 0 Å². The highest BCUT2D eigenvalue weighted by Crippen LogP contribution is 2.35. The highest BCUT2D eigenvalue weighted by molar-refractivity contribution is 5.75. The summed E-state index contributed by atoms with van der Waals surface area (Å²) in [4.78, 5) is 0. The summed E-state index contributed by atoms with van der Waals surface area (Å²) in [5.41, 5.74) is 2.53. The zero-order chi connectivity index (χ0) is 11.4. The second-order valence-electron chi connectivity index (χ2n) is 4.94. The number of anilines is 2. The molecule has 1 aromatic carbocycles. The molecule has 0 bridgehead atoms. The topological polar surface area (TPSA) is 24.1 Å². The summed E-state index contributed by atoms with van der Waals surface area (Å²) in [5, 5.41) is 7.15. The number of benzene rings is 1. The van der Waals surface area contributed by atoms with Crippen molar-refractivity contribution in [1.82, 2.24) is 0 Å². The fraction of sp³-hybridized carbons (Fsp3) is 0.571. The number of rotatable bonds is 5. The molecular weight excluding hydrogens is 196 g/mol. The molecule has 2 heteroatoms. The van der Waals surface area contributed by atoms with Gasteiger partial charge in [0.1, 0.15) is 5.66 Å². The van der Waals surface area contributed by atoms with Crippen LogP contribution in [0.15, 0.2) is 24.3 Å². The van der Waals surface area contributed by atoms with E-state index in [0.717, 1.165) is 0 Å². The van der Waals surface area contributed by atoms with Crippen molar-refractivity contribution in [3.8, 4) is 0 Å². The lowest BCUT2D eigenvalue weighted by molar-refractivity contribution is 0.500. The molecule has 0 saturated heterocycles. The number of hydrogen-bond donors (Lipinski definition) is 2. The van der Waals surface area contributed by atoms with Crippen molar-refractivity contribution in [3.63, 3.8) is 0 Å². The molecule has 0 atom stereocenters. The molecule has 0 amide bonds. The molecule has 0 saturated carbocycles. The Balaban J connectivity index is 1.88. The van der Waals surface area contributed by atoms with Gasteiger partial charge in [-0.3, -0.25) is 0 Å². The van der Waals surface area contributed by atoms with E-state index in [-0.39, 0.29) is 5.66 Å². The molecule has 1 heterocycles. The van der Waals surface area contributed by atoms with E-state index in [1.807, 2.05) is 0 Å². The summed E-state index contributed by atoms with van der Waals surface area (Å²) in [6.07, 6.45) is 6.46. The Morgan fingerprint density at radius 2 is 1.62 bits per heavy atom. The van der Waals surface area contributed by atoms with E-state index >= 15 is 0 Å². The van der Waals surface area contributed by atoms with Gasteiger partial charge < -0.3 is 10.6 Å². The number of nitrogens with one attached hydrogen (secondary N) is 2. The van der Waals surface area contributed by atoms with Crippen LogP contribution in [0.5, 0.6) is 0 Å². The monoisotopic (exact) mass is 218 g/mol. The average molecular weight is 218 g/mol. The Labute approximate surface area is 98.4 Å². The van der Waals surface area contributed by atoms with Crippen LogP contribution >= 0.6 is 0 Å². The smallest absolute Gasteiger partial charge is 0.105 e. The Hall–Kier alpha value is -1.18. The van der Waals surface area contributed by atoms with Gasteiger partial charge in [0.05, 0.1) is 11.4 Å². The van der Waals surface area contributed by atoms with Crippen LogP contribution in [0.2, 0.25) is 0 Å². The van der Waals surface area contributed by atoms with Crippen LogP contribution in [0.25, 0.3) is 0 Å². The zero-order valence-electron chi connectivity index (χ0n) is 10.3. The maximum Gasteiger partial charge on any atom is 0.105 e. The third-order valence-corrected chi connectivity index (χ3v) is 3.28. The van der Waals surface area contributed by atoms with Crippen LogP contribution in [-0.2, 0) is 0 Å². The van der Waals surface area contributed by atoms with E-state index in [4.69, 9.17) is 0 Å². The fourth-order valence-corrected chi connectivity index (χ4v) is 2.36. The molecule has 0 radical (unpaired) electrons. The molecule has 1 aromatic rings. The van der Waals surface area contributed by atoms with Crippen molar-refractivity contribution in [2.45, 2.75) is 51.6 Å². The van der Waals surface area contributed by atoms with Gasteiger partial charge in [-0.1, -0.05) is 38.3 Å². The highest BCUT2D eigenvalue weighted by atomic mass is 15.2. The van der Waals surface area contributed by atoms with Gasteiger partial charge in [-0.25, -0.2) is 0 Å². The van der Waals surface area contributed by atoms with Gasteiger partial charge in [0.15, 0.2) is 0 Å². The fourth-order valence-electron chi connectivity index (χ4n) is 2.36. The Bertz CT molecular complexity index is 321. The maximum absolute atomic E-state index is 3.58. The summed E-state index contributed by atoms with van der Waals surface area (Å²) in [6, 6.07) is 8.44. The molecule has 2 rings (SSSR count). The molecule has 2 N–H and O–H groups in total. The van der Waals surface area contributed by atoms with Crippen LogP contribution in [0.4, 0.5) is 11.4 Å². The first-order chi connectivity index (χ1) is 7.73. The van der Waals surface area contributed by atoms with E-state index in [0.29, 0.717) is 0 Å². The van der Waals surface area contributed by atoms with Gasteiger partial charge in [0.2, 0.25) is 0 Å². The van der Waals surface area contributed by atoms with Gasteiger partial charge in [0.25, 0.3) is 0 Å². The highest BCUT2D eigenvalue weighted by Gasteiger charge is 2.29. The average Bonchev–Trinajstić information content (AvgIpc) is 2.61. The minimum absolute atomic E-state index is 0.0530. The van der Waals surface area contributed by atoms with E-state index in [1.165, 1.54) is 43.5 Å². The number of para-hydroxylation sites is 2. The first-order valence-electron chi connectivity index (χ1n) is 6.39. The van der Waals surface area contributed by atoms with Crippen molar-refractivity contribution in [2.24, 2.45) is 0 Å². The van der Waals surface area contributed by atoms with Gasteiger partial charge in [-0.2, -0.15) is 0 Å². The lowest BCUT2D eigenvalue weighted by atomic mass is 10.0. The summed E-state index contributed by atoms with van der Waals surface area (Å²) in [6.45, 7) is 4.50. The van der Waals surface area contributed by atoms with Crippen LogP contribution in [0, 0.1) is 0 Å². The van der Waals surface area contributed by atoms with E-state index in [9.17, 15) is 0 Å². The summed E-state index contributed by atoms with van der Waals surface area (Å²) in [7, 11) is 0. The second kappa shape index (κ2) is 4.77. The van der Waals surface area contributed by atoms with Crippen molar-refractivity contribution in [2.75, 3.05) is 10.6 Å². The zero-order valence-corrected chi connectivity index (χ0v) is 10.3. The lowest BCUT2D eigenvalue weighted by Crippen LogP contribution is -2.38. The lowest BCUT2D eigenvalue weighted by Gasteiger charge is -2.26. The van der Waals surface area contributed by atoms with Crippen molar-refractivity contribution >= 4 is 11.4 Å². The van der Waals surface area contributed by atoms with Crippen molar-refractivity contribution in [1.29, 1.82) is 0 Å². The van der Waals surface area contributed by atoms with Gasteiger partial charge in [0, 0.05) is 0 Å². The maximum atomic E-state index is 3.58. The third-order valence-electron chi connectivity index (χ3n) is 3.28. The largest absolute Gasteiger partial charge is 0.361 e. The summed E-state index contributed by atoms with van der Waals surface area (Å²) in [5.74, 6) is 0. The van der Waals surface area contributed by atoms with E-state index in [1.54, 1.807) is 0 Å². The quantitative estimate of drug-likeness (QED) is 0.723. The molecular formula is C14H22N2. The molecule has 0 spiro atoms. The first kappa shape index (κ1) is 11.3. The van der Waals surface area contributed by atoms with E-state index in [2.05, 4.69) is 48.7 Å². The number of unbranched alkanes of at least 4 members (excludes halogenated alkanes) is 3. The van der Waals surface area contributed by atoms with Crippen molar-refractivity contribution < 1.29 is 0 Å². The molecule has 0 aromatic heterocycles. The first-order valence-corrected chi connectivity index (χ1v) is 6.39. The van der Waals surface area contributed by atoms with Gasteiger partial charge >= 0.3 is 0 Å². The molecule has 88 valence electrons. The molecule has 0 unspecified atom stereocenters. The predicted molar refractivity (Wildman–Crippen MR) is 70.9 cm³/mol. The molecule has 1 aliphatic heterocycles. The summed E-state index contributed by atoms with van der Waals surface area (Å²) < 4.78 is 0. The molecule has 1 aliphatic rings. The third kappa shape index (κ3) is 2.49. The Morgan fingerprint density at radius 3 is 2.19 bits per heavy atom. The minimum atomic E-state index is 0.0530. The second-order valence-corrected chi connectivity index (χ2v) is 4.94. The minimum Gasteiger partial charge on any atom is -0.361 e. The van der Waals surface area contributed by atoms with Crippen LogP contribution < -0.4 is 10.6 Å². The summed E-state index contributed by atoms with van der Waals surface area (Å²) >= 11 is 0. The predicted octanol–water partition coefficient (Wildman–Crippen LogP) is 4.21. The molecule has 16 heavy (non-hydrogen) atoms. The molecule has 2 nitrogen and oxygen atoms in total. The van der Waals surface area contributed by atoms with Gasteiger partial charge in [-0.05, 0) is 31.9 Å². The normalized spacial score (nSPS) is 16.4. The van der Waals surface area contributed by atoms with Crippen molar-refractivity contribution in [3.05, 3.63) is 24.3 Å². The standard InChI is InChI=1S/C14H22N2/c1-3-4-5-8-11-14(2)15-12-9-6-7-10-13(12)16-14/h6-7,9-10,15-16H,3-5,8,11H2,1-2H3. The van der Waals surface area contributed by atoms with Crippen LogP contribution in [-0.4, -0.2) is 5.66 Å². The number of fused-ring (bicyclic) bond motifs is 1. The SMILES string of the molecule is CCCCCCC1(C)Nc2ccccc2N1.